The lowest BCUT2D eigenvalue weighted by atomic mass is 9.92. The van der Waals surface area contributed by atoms with Crippen molar-refractivity contribution in [3.05, 3.63) is 90.0 Å². The summed E-state index contributed by atoms with van der Waals surface area (Å²) in [5.74, 6) is 0. The molecule has 5 aromatic rings. The molecule has 3 heteroatoms. The number of aromatic nitrogens is 1. The zero-order valence-corrected chi connectivity index (χ0v) is 15.3. The normalized spacial score (nSPS) is 11.4. The molecule has 0 radical (unpaired) electrons. The van der Waals surface area contributed by atoms with Gasteiger partial charge in [-0.15, -0.1) is 0 Å². The van der Waals surface area contributed by atoms with Crippen LogP contribution in [0.3, 0.4) is 0 Å². The number of hydrogen-bond acceptors (Lipinski definition) is 2. The lowest BCUT2D eigenvalue weighted by molar-refractivity contribution is 1.18. The Kier molecular flexibility index (Phi) is 3.02. The van der Waals surface area contributed by atoms with E-state index in [1.165, 1.54) is 10.8 Å². The third-order valence-corrected chi connectivity index (χ3v) is 5.82. The summed E-state index contributed by atoms with van der Waals surface area (Å²) >= 11 is 0. The van der Waals surface area contributed by atoms with Gasteiger partial charge in [-0.05, 0) is 29.3 Å². The zero-order valence-electron chi connectivity index (χ0n) is 15.3. The predicted octanol–water partition coefficient (Wildman–Crippen LogP) is 6.17. The molecule has 29 heavy (non-hydrogen) atoms. The molecule has 0 bridgehead atoms. The van der Waals surface area contributed by atoms with Crippen molar-refractivity contribution in [2.45, 2.75) is 0 Å². The Hall–Kier alpha value is -4.34. The van der Waals surface area contributed by atoms with Crippen LogP contribution in [0.1, 0.15) is 11.1 Å². The van der Waals surface area contributed by atoms with E-state index in [9.17, 15) is 10.5 Å². The van der Waals surface area contributed by atoms with Crippen molar-refractivity contribution >= 4 is 21.8 Å². The van der Waals surface area contributed by atoms with E-state index in [0.29, 0.717) is 11.1 Å². The lowest BCUT2D eigenvalue weighted by Gasteiger charge is -2.13. The topological polar surface area (TPSA) is 52.5 Å². The molecule has 0 aliphatic carbocycles. The molecule has 1 aromatic heterocycles. The van der Waals surface area contributed by atoms with Crippen LogP contribution in [0, 0.1) is 22.7 Å². The minimum atomic E-state index is 0.397. The van der Waals surface area contributed by atoms with Gasteiger partial charge < -0.3 is 4.57 Å². The van der Waals surface area contributed by atoms with Gasteiger partial charge in [-0.2, -0.15) is 10.5 Å². The molecule has 0 fully saturated rings. The minimum Gasteiger partial charge on any atom is -0.308 e. The van der Waals surface area contributed by atoms with Crippen molar-refractivity contribution in [1.29, 1.82) is 10.5 Å². The van der Waals surface area contributed by atoms with Crippen LogP contribution < -0.4 is 0 Å². The van der Waals surface area contributed by atoms with Crippen LogP contribution in [0.15, 0.2) is 78.9 Å². The molecule has 1 aliphatic heterocycles. The molecule has 132 valence electrons. The Balaban J connectivity index is 1.95. The van der Waals surface area contributed by atoms with Crippen molar-refractivity contribution in [2.75, 3.05) is 0 Å². The fourth-order valence-corrected chi connectivity index (χ4v) is 4.61. The SMILES string of the molecule is N#Cc1cc2c(cc1C#N)-n1c3ccccc3c3cccc(c31)-c1ccccc1-2. The quantitative estimate of drug-likeness (QED) is 0.322. The van der Waals surface area contributed by atoms with Crippen LogP contribution in [-0.2, 0) is 0 Å². The molecule has 6 rings (SSSR count). The van der Waals surface area contributed by atoms with E-state index in [-0.39, 0.29) is 0 Å². The van der Waals surface area contributed by atoms with Crippen molar-refractivity contribution in [3.63, 3.8) is 0 Å². The molecule has 2 heterocycles. The first-order valence-corrected chi connectivity index (χ1v) is 9.42. The Bertz CT molecular complexity index is 1570. The van der Waals surface area contributed by atoms with Gasteiger partial charge in [0.15, 0.2) is 0 Å². The molecule has 1 aliphatic rings. The summed E-state index contributed by atoms with van der Waals surface area (Å²) in [6.45, 7) is 0. The third kappa shape index (κ3) is 1.94. The van der Waals surface area contributed by atoms with Crippen molar-refractivity contribution in [1.82, 2.24) is 4.57 Å². The number of fused-ring (bicyclic) bond motifs is 8. The number of nitrogens with zero attached hydrogens (tertiary/aromatic N) is 3. The predicted molar refractivity (Wildman–Crippen MR) is 115 cm³/mol. The summed E-state index contributed by atoms with van der Waals surface area (Å²) in [5, 5.41) is 21.6. The fourth-order valence-electron chi connectivity index (χ4n) is 4.61. The minimum absolute atomic E-state index is 0.397. The van der Waals surface area contributed by atoms with E-state index in [2.05, 4.69) is 65.2 Å². The average molecular weight is 367 g/mol. The molecule has 0 saturated heterocycles. The van der Waals surface area contributed by atoms with E-state index >= 15 is 0 Å². The van der Waals surface area contributed by atoms with E-state index in [1.54, 1.807) is 0 Å². The van der Waals surface area contributed by atoms with Gasteiger partial charge in [0.25, 0.3) is 0 Å². The number of benzene rings is 4. The molecule has 0 unspecified atom stereocenters. The first kappa shape index (κ1) is 15.7. The molecule has 0 atom stereocenters. The summed E-state index contributed by atoms with van der Waals surface area (Å²) < 4.78 is 2.25. The van der Waals surface area contributed by atoms with E-state index < -0.39 is 0 Å². The molecule has 0 N–H and O–H groups in total. The van der Waals surface area contributed by atoms with Gasteiger partial charge in [-0.25, -0.2) is 0 Å². The van der Waals surface area contributed by atoms with Crippen LogP contribution in [0.2, 0.25) is 0 Å². The standard InChI is InChI=1S/C26H13N3/c27-14-16-12-23-19-7-2-1-6-18(19)21-9-5-10-22-20-8-3-4-11-24(20)29(26(21)22)25(23)13-17(16)15-28/h1-13H. The van der Waals surface area contributed by atoms with Gasteiger partial charge in [-0.3, -0.25) is 0 Å². The Morgan fingerprint density at radius 2 is 1.21 bits per heavy atom. The maximum absolute atomic E-state index is 9.66. The van der Waals surface area contributed by atoms with Gasteiger partial charge in [0.2, 0.25) is 0 Å². The molecular formula is C26H13N3. The summed E-state index contributed by atoms with van der Waals surface area (Å²) in [5.41, 5.74) is 8.29. The molecule has 0 spiro atoms. The van der Waals surface area contributed by atoms with E-state index in [4.69, 9.17) is 0 Å². The van der Waals surface area contributed by atoms with Gasteiger partial charge in [0.1, 0.15) is 12.1 Å². The smallest absolute Gasteiger partial charge is 0.101 e. The van der Waals surface area contributed by atoms with Gasteiger partial charge in [0.05, 0.1) is 27.8 Å². The van der Waals surface area contributed by atoms with Crippen LogP contribution in [-0.4, -0.2) is 4.57 Å². The number of para-hydroxylation sites is 2. The second kappa shape index (κ2) is 5.58. The van der Waals surface area contributed by atoms with Crippen LogP contribution >= 0.6 is 0 Å². The lowest BCUT2D eigenvalue weighted by Crippen LogP contribution is -1.98. The van der Waals surface area contributed by atoms with Crippen LogP contribution in [0.25, 0.3) is 49.7 Å². The molecule has 0 saturated carbocycles. The maximum atomic E-state index is 9.66. The first-order chi connectivity index (χ1) is 14.3. The zero-order chi connectivity index (χ0) is 19.5. The summed E-state index contributed by atoms with van der Waals surface area (Å²) in [7, 11) is 0. The molecule has 4 aromatic carbocycles. The first-order valence-electron chi connectivity index (χ1n) is 9.42. The molecule has 0 amide bonds. The van der Waals surface area contributed by atoms with Crippen molar-refractivity contribution < 1.29 is 0 Å². The number of hydrogen-bond donors (Lipinski definition) is 0. The van der Waals surface area contributed by atoms with Crippen molar-refractivity contribution in [3.8, 4) is 40.1 Å². The second-order valence-electron chi connectivity index (χ2n) is 7.24. The average Bonchev–Trinajstić information content (AvgIpc) is 3.06. The fraction of sp³-hybridized carbons (Fsp3) is 0. The van der Waals surface area contributed by atoms with Crippen LogP contribution in [0.4, 0.5) is 0 Å². The van der Waals surface area contributed by atoms with Gasteiger partial charge in [-0.1, -0.05) is 60.7 Å². The largest absolute Gasteiger partial charge is 0.308 e. The van der Waals surface area contributed by atoms with Gasteiger partial charge in [0, 0.05) is 21.9 Å². The van der Waals surface area contributed by atoms with Crippen LogP contribution in [0.5, 0.6) is 0 Å². The Labute approximate surface area is 167 Å². The highest BCUT2D eigenvalue weighted by Gasteiger charge is 2.25. The summed E-state index contributed by atoms with van der Waals surface area (Å²) in [4.78, 5) is 0. The van der Waals surface area contributed by atoms with E-state index in [1.807, 2.05) is 30.3 Å². The number of rotatable bonds is 0. The summed E-state index contributed by atoms with van der Waals surface area (Å²) in [6.07, 6.45) is 0. The maximum Gasteiger partial charge on any atom is 0.101 e. The molecular weight excluding hydrogens is 354 g/mol. The highest BCUT2D eigenvalue weighted by molar-refractivity contribution is 6.16. The Morgan fingerprint density at radius 3 is 2.00 bits per heavy atom. The Morgan fingerprint density at radius 1 is 0.586 bits per heavy atom. The van der Waals surface area contributed by atoms with Gasteiger partial charge >= 0.3 is 0 Å². The second-order valence-corrected chi connectivity index (χ2v) is 7.24. The van der Waals surface area contributed by atoms with Crippen molar-refractivity contribution in [2.24, 2.45) is 0 Å². The molecule has 3 nitrogen and oxygen atoms in total. The third-order valence-electron chi connectivity index (χ3n) is 5.82. The monoisotopic (exact) mass is 367 g/mol. The highest BCUT2D eigenvalue weighted by Crippen LogP contribution is 2.46. The highest BCUT2D eigenvalue weighted by atomic mass is 15.0. The van der Waals surface area contributed by atoms with E-state index in [0.717, 1.165) is 39.0 Å². The summed E-state index contributed by atoms with van der Waals surface area (Å²) in [6, 6.07) is 31.2. The number of nitriles is 2.